The molecule has 4 heteroatoms. The zero-order valence-corrected chi connectivity index (χ0v) is 17.7. The standard InChI is InChI=1S/C23H41NO3/c1-4-5-6-7-8-9-10-11-12-13-14-15-16-17-18-19-21(25)24-22(20(2)3)23(26)27/h8-9,11-12,20,22H,4-7,10,13-19H2,1-3H3,(H,24,25)(H,26,27)/b9-8+,12-11+. The summed E-state index contributed by atoms with van der Waals surface area (Å²) in [6.45, 7) is 5.84. The van der Waals surface area contributed by atoms with Gasteiger partial charge in [-0.3, -0.25) is 4.79 Å². The van der Waals surface area contributed by atoms with Crippen molar-refractivity contribution < 1.29 is 14.7 Å². The molecule has 0 saturated carbocycles. The van der Waals surface area contributed by atoms with Gasteiger partial charge in [-0.1, -0.05) is 77.2 Å². The summed E-state index contributed by atoms with van der Waals surface area (Å²) in [5.41, 5.74) is 0. The number of unbranched alkanes of at least 4 members (excludes halogenated alkanes) is 8. The van der Waals surface area contributed by atoms with E-state index in [-0.39, 0.29) is 11.8 Å². The van der Waals surface area contributed by atoms with Crippen LogP contribution in [0.1, 0.15) is 97.8 Å². The zero-order chi connectivity index (χ0) is 20.3. The van der Waals surface area contributed by atoms with Crippen LogP contribution in [-0.2, 0) is 9.59 Å². The topological polar surface area (TPSA) is 66.4 Å². The van der Waals surface area contributed by atoms with Gasteiger partial charge in [-0.2, -0.15) is 0 Å². The molecule has 0 aromatic carbocycles. The summed E-state index contributed by atoms with van der Waals surface area (Å²) in [4.78, 5) is 22.9. The molecule has 27 heavy (non-hydrogen) atoms. The van der Waals surface area contributed by atoms with Crippen LogP contribution in [0.2, 0.25) is 0 Å². The van der Waals surface area contributed by atoms with E-state index in [1.807, 2.05) is 0 Å². The number of aliphatic carboxylic acids is 1. The van der Waals surface area contributed by atoms with E-state index in [9.17, 15) is 9.59 Å². The average molecular weight is 380 g/mol. The van der Waals surface area contributed by atoms with Crippen molar-refractivity contribution >= 4 is 11.9 Å². The highest BCUT2D eigenvalue weighted by molar-refractivity contribution is 5.83. The molecule has 0 aromatic rings. The molecule has 0 fully saturated rings. The Kier molecular flexibility index (Phi) is 16.8. The van der Waals surface area contributed by atoms with Crippen molar-refractivity contribution in [2.24, 2.45) is 5.92 Å². The first-order chi connectivity index (χ1) is 13.0. The van der Waals surface area contributed by atoms with E-state index >= 15 is 0 Å². The SMILES string of the molecule is CCCCC/C=C/C/C=C/CCCCCCCC(=O)NC(C(=O)O)C(C)C. The third-order valence-corrected chi connectivity index (χ3v) is 4.60. The highest BCUT2D eigenvalue weighted by atomic mass is 16.4. The molecule has 156 valence electrons. The molecule has 0 saturated heterocycles. The highest BCUT2D eigenvalue weighted by Crippen LogP contribution is 2.09. The van der Waals surface area contributed by atoms with Gasteiger partial charge < -0.3 is 10.4 Å². The Morgan fingerprint density at radius 1 is 0.852 bits per heavy atom. The Bertz CT molecular complexity index is 441. The van der Waals surface area contributed by atoms with E-state index < -0.39 is 12.0 Å². The molecule has 0 aromatic heterocycles. The van der Waals surface area contributed by atoms with Crippen LogP contribution in [0.25, 0.3) is 0 Å². The lowest BCUT2D eigenvalue weighted by molar-refractivity contribution is -0.143. The van der Waals surface area contributed by atoms with Crippen LogP contribution in [0.15, 0.2) is 24.3 Å². The van der Waals surface area contributed by atoms with Crippen LogP contribution in [0, 0.1) is 5.92 Å². The Morgan fingerprint density at radius 2 is 1.41 bits per heavy atom. The minimum absolute atomic E-state index is 0.101. The van der Waals surface area contributed by atoms with Crippen LogP contribution < -0.4 is 5.32 Å². The Morgan fingerprint density at radius 3 is 1.96 bits per heavy atom. The van der Waals surface area contributed by atoms with E-state index in [2.05, 4.69) is 36.5 Å². The monoisotopic (exact) mass is 379 g/mol. The van der Waals surface area contributed by atoms with Gasteiger partial charge in [-0.15, -0.1) is 0 Å². The fourth-order valence-corrected chi connectivity index (χ4v) is 2.86. The summed E-state index contributed by atoms with van der Waals surface area (Å²) in [6.07, 6.45) is 22.1. The molecule has 0 bridgehead atoms. The summed E-state index contributed by atoms with van der Waals surface area (Å²) < 4.78 is 0. The molecular weight excluding hydrogens is 338 g/mol. The number of hydrogen-bond acceptors (Lipinski definition) is 2. The van der Waals surface area contributed by atoms with Crippen molar-refractivity contribution in [3.8, 4) is 0 Å². The zero-order valence-electron chi connectivity index (χ0n) is 17.7. The minimum atomic E-state index is -0.960. The second-order valence-corrected chi connectivity index (χ2v) is 7.61. The van der Waals surface area contributed by atoms with Crippen LogP contribution in [0.4, 0.5) is 0 Å². The van der Waals surface area contributed by atoms with Crippen molar-refractivity contribution in [2.45, 2.75) is 104 Å². The van der Waals surface area contributed by atoms with Gasteiger partial charge in [0.15, 0.2) is 0 Å². The second-order valence-electron chi connectivity index (χ2n) is 7.61. The molecule has 4 nitrogen and oxygen atoms in total. The summed E-state index contributed by atoms with van der Waals surface area (Å²) in [5.74, 6) is -1.21. The third kappa shape index (κ3) is 16.3. The maximum Gasteiger partial charge on any atom is 0.326 e. The number of amides is 1. The molecule has 1 unspecified atom stereocenters. The number of rotatable bonds is 17. The van der Waals surface area contributed by atoms with Crippen molar-refractivity contribution in [1.82, 2.24) is 5.32 Å². The Hall–Kier alpha value is -1.58. The van der Waals surface area contributed by atoms with Crippen LogP contribution >= 0.6 is 0 Å². The van der Waals surface area contributed by atoms with Crippen LogP contribution in [-0.4, -0.2) is 23.0 Å². The highest BCUT2D eigenvalue weighted by Gasteiger charge is 2.22. The number of hydrogen-bond donors (Lipinski definition) is 2. The second kappa shape index (κ2) is 17.8. The molecule has 0 aliphatic carbocycles. The molecular formula is C23H41NO3. The number of carbonyl (C=O) groups excluding carboxylic acids is 1. The quantitative estimate of drug-likeness (QED) is 0.240. The van der Waals surface area contributed by atoms with Gasteiger partial charge in [0, 0.05) is 6.42 Å². The van der Waals surface area contributed by atoms with Gasteiger partial charge in [0.05, 0.1) is 0 Å². The predicted octanol–water partition coefficient (Wildman–Crippen LogP) is 6.03. The first kappa shape index (κ1) is 25.4. The van der Waals surface area contributed by atoms with Crippen molar-refractivity contribution in [3.63, 3.8) is 0 Å². The summed E-state index contributed by atoms with van der Waals surface area (Å²) >= 11 is 0. The fraction of sp³-hybridized carbons (Fsp3) is 0.739. The van der Waals surface area contributed by atoms with Gasteiger partial charge in [0.2, 0.25) is 5.91 Å². The molecule has 1 atom stereocenters. The largest absolute Gasteiger partial charge is 0.480 e. The smallest absolute Gasteiger partial charge is 0.326 e. The predicted molar refractivity (Wildman–Crippen MR) is 114 cm³/mol. The van der Waals surface area contributed by atoms with E-state index in [0.29, 0.717) is 6.42 Å². The van der Waals surface area contributed by atoms with Gasteiger partial charge in [-0.05, 0) is 44.4 Å². The van der Waals surface area contributed by atoms with E-state index in [0.717, 1.165) is 32.1 Å². The molecule has 0 rings (SSSR count). The lowest BCUT2D eigenvalue weighted by Crippen LogP contribution is -2.44. The molecule has 0 heterocycles. The number of carboxylic acid groups (broad SMARTS) is 1. The van der Waals surface area contributed by atoms with E-state index in [1.54, 1.807) is 13.8 Å². The molecule has 0 radical (unpaired) electrons. The molecule has 2 N–H and O–H groups in total. The first-order valence-electron chi connectivity index (χ1n) is 10.8. The van der Waals surface area contributed by atoms with Crippen molar-refractivity contribution in [1.29, 1.82) is 0 Å². The number of allylic oxidation sites excluding steroid dienone is 4. The average Bonchev–Trinajstić information content (AvgIpc) is 2.62. The number of carboxylic acids is 1. The summed E-state index contributed by atoms with van der Waals surface area (Å²) in [6, 6.07) is -0.782. The third-order valence-electron chi connectivity index (χ3n) is 4.60. The number of carbonyl (C=O) groups is 2. The first-order valence-corrected chi connectivity index (χ1v) is 10.8. The van der Waals surface area contributed by atoms with Crippen LogP contribution in [0.3, 0.4) is 0 Å². The van der Waals surface area contributed by atoms with Crippen LogP contribution in [0.5, 0.6) is 0 Å². The molecule has 0 spiro atoms. The fourth-order valence-electron chi connectivity index (χ4n) is 2.86. The van der Waals surface area contributed by atoms with Gasteiger partial charge in [0.25, 0.3) is 0 Å². The van der Waals surface area contributed by atoms with Crippen molar-refractivity contribution in [2.75, 3.05) is 0 Å². The van der Waals surface area contributed by atoms with Gasteiger partial charge in [-0.25, -0.2) is 4.79 Å². The molecule has 0 aliphatic rings. The van der Waals surface area contributed by atoms with E-state index in [1.165, 1.54) is 38.5 Å². The maximum absolute atomic E-state index is 11.8. The van der Waals surface area contributed by atoms with Crippen molar-refractivity contribution in [3.05, 3.63) is 24.3 Å². The normalized spacial score (nSPS) is 12.9. The lowest BCUT2D eigenvalue weighted by Gasteiger charge is -2.17. The maximum atomic E-state index is 11.8. The molecule has 0 aliphatic heterocycles. The molecule has 1 amide bonds. The minimum Gasteiger partial charge on any atom is -0.480 e. The Labute approximate surface area is 166 Å². The number of nitrogens with one attached hydrogen (secondary N) is 1. The van der Waals surface area contributed by atoms with Gasteiger partial charge in [0.1, 0.15) is 6.04 Å². The summed E-state index contributed by atoms with van der Waals surface area (Å²) in [7, 11) is 0. The summed E-state index contributed by atoms with van der Waals surface area (Å²) in [5, 5.41) is 11.7. The Balaban J connectivity index is 3.52. The van der Waals surface area contributed by atoms with E-state index in [4.69, 9.17) is 5.11 Å². The van der Waals surface area contributed by atoms with Gasteiger partial charge >= 0.3 is 5.97 Å². The lowest BCUT2D eigenvalue weighted by atomic mass is 10.0.